The highest BCUT2D eigenvalue weighted by Crippen LogP contribution is 2.15. The van der Waals surface area contributed by atoms with E-state index >= 15 is 0 Å². The molecule has 0 spiro atoms. The lowest BCUT2D eigenvalue weighted by Gasteiger charge is -1.83. The standard InChI is InChI=1S/C10H6N4O6/c15-13(16)9-3-1-7(19-9)5-11-12-6-8-2-4-10(20-8)14(17)18/h1-6H/b11-5-,12-6+. The predicted molar refractivity (Wildman–Crippen MR) is 65.9 cm³/mol. The van der Waals surface area contributed by atoms with E-state index in [0.29, 0.717) is 0 Å². The largest absolute Gasteiger partial charge is 0.433 e. The smallest absolute Gasteiger partial charge is 0.400 e. The summed E-state index contributed by atoms with van der Waals surface area (Å²) in [7, 11) is 0. The molecule has 0 amide bonds. The molecule has 2 rings (SSSR count). The van der Waals surface area contributed by atoms with Crippen LogP contribution in [0.15, 0.2) is 43.3 Å². The molecular weight excluding hydrogens is 272 g/mol. The summed E-state index contributed by atoms with van der Waals surface area (Å²) in [5.74, 6) is -0.507. The summed E-state index contributed by atoms with van der Waals surface area (Å²) >= 11 is 0. The lowest BCUT2D eigenvalue weighted by molar-refractivity contribution is -0.402. The van der Waals surface area contributed by atoms with Gasteiger partial charge in [0.15, 0.2) is 11.5 Å². The molecule has 2 aromatic rings. The van der Waals surface area contributed by atoms with Crippen LogP contribution in [0.5, 0.6) is 0 Å². The van der Waals surface area contributed by atoms with Crippen molar-refractivity contribution in [1.29, 1.82) is 0 Å². The van der Waals surface area contributed by atoms with Gasteiger partial charge in [-0.3, -0.25) is 20.2 Å². The first-order chi connectivity index (χ1) is 9.56. The molecule has 0 aromatic carbocycles. The summed E-state index contributed by atoms with van der Waals surface area (Å²) in [6.45, 7) is 0. The summed E-state index contributed by atoms with van der Waals surface area (Å²) in [5.41, 5.74) is 0. The second-order valence-electron chi connectivity index (χ2n) is 3.36. The van der Waals surface area contributed by atoms with Gasteiger partial charge in [-0.15, -0.1) is 0 Å². The van der Waals surface area contributed by atoms with Crippen LogP contribution in [0.25, 0.3) is 0 Å². The zero-order chi connectivity index (χ0) is 14.5. The maximum Gasteiger partial charge on any atom is 0.433 e. The summed E-state index contributed by atoms with van der Waals surface area (Å²) in [4.78, 5) is 19.4. The third-order valence-electron chi connectivity index (χ3n) is 2.02. The Labute approximate surface area is 110 Å². The summed E-state index contributed by atoms with van der Waals surface area (Å²) < 4.78 is 9.60. The van der Waals surface area contributed by atoms with E-state index < -0.39 is 21.6 Å². The first-order valence-corrected chi connectivity index (χ1v) is 5.11. The Morgan fingerprint density at radius 1 is 0.850 bits per heavy atom. The number of hydrogen-bond donors (Lipinski definition) is 0. The minimum Gasteiger partial charge on any atom is -0.400 e. The van der Waals surface area contributed by atoms with Gasteiger partial charge in [0.1, 0.15) is 9.85 Å². The van der Waals surface area contributed by atoms with Crippen molar-refractivity contribution >= 4 is 24.2 Å². The highest BCUT2D eigenvalue weighted by Gasteiger charge is 2.11. The molecule has 0 aliphatic carbocycles. The lowest BCUT2D eigenvalue weighted by Crippen LogP contribution is -1.83. The second-order valence-corrected chi connectivity index (χ2v) is 3.36. The Morgan fingerprint density at radius 3 is 1.55 bits per heavy atom. The molecule has 0 fully saturated rings. The Kier molecular flexibility index (Phi) is 3.65. The molecular formula is C10H6N4O6. The van der Waals surface area contributed by atoms with Crippen LogP contribution in [-0.2, 0) is 0 Å². The molecule has 0 N–H and O–H groups in total. The molecule has 102 valence electrons. The van der Waals surface area contributed by atoms with E-state index in [1.165, 1.54) is 24.3 Å². The maximum atomic E-state index is 10.4. The van der Waals surface area contributed by atoms with Gasteiger partial charge >= 0.3 is 11.8 Å². The van der Waals surface area contributed by atoms with E-state index in [9.17, 15) is 20.2 Å². The van der Waals surface area contributed by atoms with Crippen LogP contribution in [0.2, 0.25) is 0 Å². The summed E-state index contributed by atoms with van der Waals surface area (Å²) in [6.07, 6.45) is 2.31. The van der Waals surface area contributed by atoms with Gasteiger partial charge in [0, 0.05) is 0 Å². The van der Waals surface area contributed by atoms with Crippen LogP contribution in [0.1, 0.15) is 11.5 Å². The molecule has 20 heavy (non-hydrogen) atoms. The van der Waals surface area contributed by atoms with Gasteiger partial charge in [0.05, 0.1) is 24.6 Å². The van der Waals surface area contributed by atoms with E-state index in [-0.39, 0.29) is 11.5 Å². The third-order valence-corrected chi connectivity index (χ3v) is 2.02. The SMILES string of the molecule is O=[N+]([O-])c1ccc(/C=N\N=C\c2ccc([N+](=O)[O-])o2)o1. The Hall–Kier alpha value is -3.30. The van der Waals surface area contributed by atoms with Crippen LogP contribution in [0.4, 0.5) is 11.8 Å². The van der Waals surface area contributed by atoms with Crippen LogP contribution in [0.3, 0.4) is 0 Å². The molecule has 10 nitrogen and oxygen atoms in total. The molecule has 0 saturated heterocycles. The van der Waals surface area contributed by atoms with Crippen LogP contribution in [-0.4, -0.2) is 22.3 Å². The van der Waals surface area contributed by atoms with Gasteiger partial charge < -0.3 is 8.83 Å². The topological polar surface area (TPSA) is 137 Å². The molecule has 0 saturated carbocycles. The van der Waals surface area contributed by atoms with E-state index in [0.717, 1.165) is 12.4 Å². The van der Waals surface area contributed by atoms with E-state index in [1.807, 2.05) is 0 Å². The van der Waals surface area contributed by atoms with Crippen molar-refractivity contribution in [3.8, 4) is 0 Å². The summed E-state index contributed by atoms with van der Waals surface area (Å²) in [5, 5.41) is 27.8. The average Bonchev–Trinajstić information content (AvgIpc) is 3.04. The number of rotatable bonds is 5. The third kappa shape index (κ3) is 3.13. The molecule has 2 aromatic heterocycles. The predicted octanol–water partition coefficient (Wildman–Crippen LogP) is 2.14. The Bertz CT molecular complexity index is 638. The van der Waals surface area contributed by atoms with Gasteiger partial charge in [-0.1, -0.05) is 0 Å². The zero-order valence-electron chi connectivity index (χ0n) is 9.70. The molecule has 2 heterocycles. The fourth-order valence-electron chi connectivity index (χ4n) is 1.20. The van der Waals surface area contributed by atoms with Gasteiger partial charge in [0.2, 0.25) is 0 Å². The highest BCUT2D eigenvalue weighted by molar-refractivity contribution is 5.79. The highest BCUT2D eigenvalue weighted by atomic mass is 16.7. The summed E-state index contributed by atoms with van der Waals surface area (Å²) in [6, 6.07) is 5.08. The molecule has 0 aliphatic heterocycles. The number of furan rings is 2. The molecule has 0 unspecified atom stereocenters. The minimum atomic E-state index is -0.678. The van der Waals surface area contributed by atoms with Crippen LogP contribution < -0.4 is 0 Å². The van der Waals surface area contributed by atoms with Gasteiger partial charge in [0.25, 0.3) is 0 Å². The van der Waals surface area contributed by atoms with E-state index in [1.54, 1.807) is 0 Å². The maximum absolute atomic E-state index is 10.4. The van der Waals surface area contributed by atoms with Crippen molar-refractivity contribution in [3.63, 3.8) is 0 Å². The van der Waals surface area contributed by atoms with Gasteiger partial charge in [-0.25, -0.2) is 0 Å². The fourth-order valence-corrected chi connectivity index (χ4v) is 1.20. The number of nitro groups is 2. The normalized spacial score (nSPS) is 11.4. The molecule has 10 heteroatoms. The number of nitrogens with zero attached hydrogens (tertiary/aromatic N) is 4. The van der Waals surface area contributed by atoms with Gasteiger partial charge in [-0.2, -0.15) is 10.2 Å². The molecule has 0 aliphatic rings. The van der Waals surface area contributed by atoms with Crippen LogP contribution in [0, 0.1) is 20.2 Å². The first-order valence-electron chi connectivity index (χ1n) is 5.11. The lowest BCUT2D eigenvalue weighted by atomic mass is 10.5. The van der Waals surface area contributed by atoms with E-state index in [2.05, 4.69) is 10.2 Å². The molecule has 0 bridgehead atoms. The van der Waals surface area contributed by atoms with Crippen LogP contribution >= 0.6 is 0 Å². The fraction of sp³-hybridized carbons (Fsp3) is 0. The van der Waals surface area contributed by atoms with Crippen molar-refractivity contribution in [1.82, 2.24) is 0 Å². The molecule has 0 atom stereocenters. The zero-order valence-corrected chi connectivity index (χ0v) is 9.70. The first kappa shape index (κ1) is 13.1. The Morgan fingerprint density at radius 2 is 1.25 bits per heavy atom. The molecule has 0 radical (unpaired) electrons. The van der Waals surface area contributed by atoms with Crippen molar-refractivity contribution in [2.75, 3.05) is 0 Å². The second kappa shape index (κ2) is 5.56. The van der Waals surface area contributed by atoms with E-state index in [4.69, 9.17) is 8.83 Å². The number of hydrogen-bond acceptors (Lipinski definition) is 8. The van der Waals surface area contributed by atoms with Gasteiger partial charge in [-0.05, 0) is 12.1 Å². The van der Waals surface area contributed by atoms with Crippen molar-refractivity contribution in [2.24, 2.45) is 10.2 Å². The monoisotopic (exact) mass is 278 g/mol. The van der Waals surface area contributed by atoms with Crippen molar-refractivity contribution < 1.29 is 18.7 Å². The Balaban J connectivity index is 1.99. The average molecular weight is 278 g/mol. The quantitative estimate of drug-likeness (QED) is 0.466. The minimum absolute atomic E-state index is 0.152. The van der Waals surface area contributed by atoms with Crippen molar-refractivity contribution in [3.05, 3.63) is 56.0 Å². The van der Waals surface area contributed by atoms with Crippen molar-refractivity contribution in [2.45, 2.75) is 0 Å².